The van der Waals surface area contributed by atoms with Crippen molar-refractivity contribution < 1.29 is 19.1 Å². The highest BCUT2D eigenvalue weighted by atomic mass is 16.5. The number of primary amides is 1. The van der Waals surface area contributed by atoms with Gasteiger partial charge in [0.15, 0.2) is 6.61 Å². The maximum atomic E-state index is 12.3. The fraction of sp³-hybridized carbons (Fsp3) is 0.467. The maximum absolute atomic E-state index is 12.3. The minimum absolute atomic E-state index is 0.0488. The summed E-state index contributed by atoms with van der Waals surface area (Å²) in [6.07, 6.45) is 2.01. The summed E-state index contributed by atoms with van der Waals surface area (Å²) in [4.78, 5) is 23.1. The van der Waals surface area contributed by atoms with Crippen LogP contribution in [-0.4, -0.2) is 37.2 Å². The summed E-state index contributed by atoms with van der Waals surface area (Å²) in [5.74, 6) is -0.496. The standard InChI is InChI=1S/C15H20N2O4/c1-10(12-7-4-8-20-12)17-15(19)11-5-2-3-6-13(11)21-9-14(16)18/h2-3,5-6,10,12H,4,7-9H2,1H3,(H2,16,18)(H,17,19)/t10-,12-/m0/s1. The Morgan fingerprint density at radius 2 is 2.24 bits per heavy atom. The summed E-state index contributed by atoms with van der Waals surface area (Å²) in [5, 5.41) is 2.91. The van der Waals surface area contributed by atoms with Crippen molar-refractivity contribution in [1.82, 2.24) is 5.32 Å². The third kappa shape index (κ3) is 4.19. The molecule has 1 aliphatic rings. The average Bonchev–Trinajstić information content (AvgIpc) is 2.99. The molecule has 2 atom stereocenters. The van der Waals surface area contributed by atoms with Crippen LogP contribution in [0.5, 0.6) is 5.75 Å². The van der Waals surface area contributed by atoms with Crippen molar-refractivity contribution in [2.45, 2.75) is 31.9 Å². The van der Waals surface area contributed by atoms with Crippen LogP contribution in [0.25, 0.3) is 0 Å². The lowest BCUT2D eigenvalue weighted by Gasteiger charge is -2.20. The summed E-state index contributed by atoms with van der Waals surface area (Å²) in [6.45, 7) is 2.40. The molecule has 21 heavy (non-hydrogen) atoms. The first-order valence-electron chi connectivity index (χ1n) is 7.00. The highest BCUT2D eigenvalue weighted by Gasteiger charge is 2.24. The third-order valence-corrected chi connectivity index (χ3v) is 3.38. The van der Waals surface area contributed by atoms with Gasteiger partial charge < -0.3 is 20.5 Å². The van der Waals surface area contributed by atoms with E-state index in [1.165, 1.54) is 0 Å². The van der Waals surface area contributed by atoms with Crippen LogP contribution in [0.15, 0.2) is 24.3 Å². The lowest BCUT2D eigenvalue weighted by atomic mass is 10.1. The number of hydrogen-bond acceptors (Lipinski definition) is 4. The van der Waals surface area contributed by atoms with Crippen molar-refractivity contribution >= 4 is 11.8 Å². The van der Waals surface area contributed by atoms with E-state index < -0.39 is 5.91 Å². The predicted molar refractivity (Wildman–Crippen MR) is 77.0 cm³/mol. The van der Waals surface area contributed by atoms with Crippen LogP contribution >= 0.6 is 0 Å². The summed E-state index contributed by atoms with van der Waals surface area (Å²) in [5.41, 5.74) is 5.43. The van der Waals surface area contributed by atoms with Gasteiger partial charge >= 0.3 is 0 Å². The zero-order valence-corrected chi connectivity index (χ0v) is 12.0. The van der Waals surface area contributed by atoms with Crippen molar-refractivity contribution in [3.8, 4) is 5.75 Å². The molecule has 0 bridgehead atoms. The fourth-order valence-electron chi connectivity index (χ4n) is 2.30. The minimum Gasteiger partial charge on any atom is -0.483 e. The van der Waals surface area contributed by atoms with Crippen molar-refractivity contribution in [3.05, 3.63) is 29.8 Å². The van der Waals surface area contributed by atoms with Crippen LogP contribution in [-0.2, 0) is 9.53 Å². The number of nitrogens with one attached hydrogen (secondary N) is 1. The van der Waals surface area contributed by atoms with Crippen LogP contribution < -0.4 is 15.8 Å². The topological polar surface area (TPSA) is 90.6 Å². The Kier molecular flexibility index (Phi) is 5.16. The SMILES string of the molecule is C[C@H](NC(=O)c1ccccc1OCC(N)=O)[C@@H]1CCCO1. The first kappa shape index (κ1) is 15.3. The van der Waals surface area contributed by atoms with Crippen LogP contribution in [0.3, 0.4) is 0 Å². The van der Waals surface area contributed by atoms with E-state index in [0.29, 0.717) is 11.3 Å². The van der Waals surface area contributed by atoms with Crippen molar-refractivity contribution in [1.29, 1.82) is 0 Å². The molecule has 1 saturated heterocycles. The van der Waals surface area contributed by atoms with Gasteiger partial charge in [0, 0.05) is 6.61 Å². The normalized spacial score (nSPS) is 19.0. The van der Waals surface area contributed by atoms with Gasteiger partial charge in [-0.1, -0.05) is 12.1 Å². The largest absolute Gasteiger partial charge is 0.483 e. The Morgan fingerprint density at radius 3 is 2.90 bits per heavy atom. The molecule has 0 spiro atoms. The van der Waals surface area contributed by atoms with Gasteiger partial charge in [-0.2, -0.15) is 0 Å². The summed E-state index contributed by atoms with van der Waals surface area (Å²) in [7, 11) is 0. The Bertz CT molecular complexity index is 512. The lowest BCUT2D eigenvalue weighted by Crippen LogP contribution is -2.41. The predicted octanol–water partition coefficient (Wildman–Crippen LogP) is 0.848. The Labute approximate surface area is 123 Å². The van der Waals surface area contributed by atoms with E-state index in [-0.39, 0.29) is 24.7 Å². The molecule has 0 aliphatic carbocycles. The minimum atomic E-state index is -0.585. The summed E-state index contributed by atoms with van der Waals surface area (Å²) in [6, 6.07) is 6.67. The highest BCUT2D eigenvalue weighted by molar-refractivity contribution is 5.97. The molecule has 0 unspecified atom stereocenters. The van der Waals surface area contributed by atoms with E-state index in [1.807, 2.05) is 6.92 Å². The summed E-state index contributed by atoms with van der Waals surface area (Å²) < 4.78 is 10.8. The van der Waals surface area contributed by atoms with E-state index in [2.05, 4.69) is 5.32 Å². The number of nitrogens with two attached hydrogens (primary N) is 1. The molecule has 1 aromatic carbocycles. The first-order chi connectivity index (χ1) is 10.1. The molecule has 6 nitrogen and oxygen atoms in total. The molecule has 0 saturated carbocycles. The zero-order valence-electron chi connectivity index (χ0n) is 12.0. The van der Waals surface area contributed by atoms with Gasteiger partial charge in [0.05, 0.1) is 17.7 Å². The van der Waals surface area contributed by atoms with Crippen LogP contribution in [0, 0.1) is 0 Å². The van der Waals surface area contributed by atoms with Crippen molar-refractivity contribution in [2.75, 3.05) is 13.2 Å². The molecular formula is C15H20N2O4. The Hall–Kier alpha value is -2.08. The van der Waals surface area contributed by atoms with Gasteiger partial charge in [0.25, 0.3) is 11.8 Å². The van der Waals surface area contributed by atoms with E-state index in [4.69, 9.17) is 15.2 Å². The average molecular weight is 292 g/mol. The molecular weight excluding hydrogens is 272 g/mol. The van der Waals surface area contributed by atoms with Crippen LogP contribution in [0.4, 0.5) is 0 Å². The Balaban J connectivity index is 2.02. The molecule has 1 heterocycles. The van der Waals surface area contributed by atoms with Gasteiger partial charge in [-0.15, -0.1) is 0 Å². The smallest absolute Gasteiger partial charge is 0.255 e. The van der Waals surface area contributed by atoms with Gasteiger partial charge in [-0.05, 0) is 31.9 Å². The number of hydrogen-bond donors (Lipinski definition) is 2. The van der Waals surface area contributed by atoms with E-state index >= 15 is 0 Å². The highest BCUT2D eigenvalue weighted by Crippen LogP contribution is 2.20. The molecule has 0 radical (unpaired) electrons. The molecule has 3 N–H and O–H groups in total. The Morgan fingerprint density at radius 1 is 1.48 bits per heavy atom. The van der Waals surface area contributed by atoms with Gasteiger partial charge in [-0.25, -0.2) is 0 Å². The number of rotatable bonds is 6. The monoisotopic (exact) mass is 292 g/mol. The maximum Gasteiger partial charge on any atom is 0.255 e. The molecule has 1 fully saturated rings. The second-order valence-electron chi connectivity index (χ2n) is 5.06. The zero-order chi connectivity index (χ0) is 15.2. The molecule has 6 heteroatoms. The molecule has 114 valence electrons. The fourth-order valence-corrected chi connectivity index (χ4v) is 2.30. The number of benzene rings is 1. The number of ether oxygens (including phenoxy) is 2. The number of carbonyl (C=O) groups excluding carboxylic acids is 2. The molecule has 1 aliphatic heterocycles. The first-order valence-corrected chi connectivity index (χ1v) is 7.00. The van der Waals surface area contributed by atoms with E-state index in [1.54, 1.807) is 24.3 Å². The van der Waals surface area contributed by atoms with Crippen molar-refractivity contribution in [3.63, 3.8) is 0 Å². The second kappa shape index (κ2) is 7.08. The van der Waals surface area contributed by atoms with Gasteiger partial charge in [-0.3, -0.25) is 9.59 Å². The molecule has 2 amide bonds. The van der Waals surface area contributed by atoms with E-state index in [0.717, 1.165) is 19.4 Å². The van der Waals surface area contributed by atoms with Gasteiger partial charge in [0.1, 0.15) is 5.75 Å². The van der Waals surface area contributed by atoms with Gasteiger partial charge in [0.2, 0.25) is 0 Å². The quantitative estimate of drug-likeness (QED) is 0.813. The summed E-state index contributed by atoms with van der Waals surface area (Å²) >= 11 is 0. The number of carbonyl (C=O) groups is 2. The number of amides is 2. The number of para-hydroxylation sites is 1. The second-order valence-corrected chi connectivity index (χ2v) is 5.06. The van der Waals surface area contributed by atoms with Crippen LogP contribution in [0.2, 0.25) is 0 Å². The van der Waals surface area contributed by atoms with E-state index in [9.17, 15) is 9.59 Å². The lowest BCUT2D eigenvalue weighted by molar-refractivity contribution is -0.119. The molecule has 1 aromatic rings. The van der Waals surface area contributed by atoms with Crippen molar-refractivity contribution in [2.24, 2.45) is 5.73 Å². The molecule has 0 aromatic heterocycles. The molecule has 2 rings (SSSR count). The van der Waals surface area contributed by atoms with Crippen LogP contribution in [0.1, 0.15) is 30.1 Å². The third-order valence-electron chi connectivity index (χ3n) is 3.38.